The van der Waals surface area contributed by atoms with Crippen LogP contribution >= 0.6 is 0 Å². The van der Waals surface area contributed by atoms with E-state index in [0.29, 0.717) is 12.3 Å². The number of hydrogen-bond donors (Lipinski definition) is 0. The zero-order chi connectivity index (χ0) is 15.9. The summed E-state index contributed by atoms with van der Waals surface area (Å²) >= 11 is 0. The lowest BCUT2D eigenvalue weighted by molar-refractivity contribution is -0.132. The van der Waals surface area contributed by atoms with Crippen LogP contribution in [0.4, 0.5) is 10.1 Å². The van der Waals surface area contributed by atoms with Crippen molar-refractivity contribution < 1.29 is 13.9 Å². The summed E-state index contributed by atoms with van der Waals surface area (Å²) in [4.78, 5) is 14.4. The second-order valence-corrected chi connectivity index (χ2v) is 6.10. The molecule has 2 aromatic carbocycles. The maximum absolute atomic E-state index is 13.1. The fraction of sp³-hybridized carbons (Fsp3) is 0.278. The predicted molar refractivity (Wildman–Crippen MR) is 83.5 cm³/mol. The molecule has 3 nitrogen and oxygen atoms in total. The minimum Gasteiger partial charge on any atom is -0.476 e. The first-order valence-corrected chi connectivity index (χ1v) is 7.23. The number of amides is 1. The highest BCUT2D eigenvalue weighted by atomic mass is 19.1. The van der Waals surface area contributed by atoms with Crippen LogP contribution in [0.2, 0.25) is 0 Å². The van der Waals surface area contributed by atoms with Crippen molar-refractivity contribution in [2.75, 3.05) is 4.90 Å². The number of anilines is 1. The van der Waals surface area contributed by atoms with E-state index in [1.54, 1.807) is 30.9 Å². The Morgan fingerprint density at radius 2 is 1.82 bits per heavy atom. The number of nitrogens with zero attached hydrogens (tertiary/aromatic N) is 1. The molecule has 0 N–H and O–H groups in total. The van der Waals surface area contributed by atoms with Gasteiger partial charge in [0.15, 0.2) is 5.60 Å². The first kappa shape index (κ1) is 14.6. The van der Waals surface area contributed by atoms with Crippen molar-refractivity contribution >= 4 is 11.6 Å². The van der Waals surface area contributed by atoms with Crippen LogP contribution in [-0.2, 0) is 11.3 Å². The SMILES string of the molecule is Cc1ccc2c(c1)N(Cc1ccc(F)cc1)C(=O)C(C)(C)O2. The topological polar surface area (TPSA) is 29.5 Å². The summed E-state index contributed by atoms with van der Waals surface area (Å²) in [5, 5.41) is 0. The number of halogens is 1. The van der Waals surface area contributed by atoms with Crippen LogP contribution in [0.5, 0.6) is 5.75 Å². The Kier molecular flexibility index (Phi) is 3.39. The molecule has 0 aromatic heterocycles. The van der Waals surface area contributed by atoms with E-state index >= 15 is 0 Å². The summed E-state index contributed by atoms with van der Waals surface area (Å²) in [6.07, 6.45) is 0. The fourth-order valence-corrected chi connectivity index (χ4v) is 2.61. The maximum Gasteiger partial charge on any atom is 0.271 e. The molecule has 0 saturated carbocycles. The summed E-state index contributed by atoms with van der Waals surface area (Å²) in [6.45, 7) is 5.88. The van der Waals surface area contributed by atoms with Crippen molar-refractivity contribution in [3.63, 3.8) is 0 Å². The molecule has 0 atom stereocenters. The van der Waals surface area contributed by atoms with Gasteiger partial charge >= 0.3 is 0 Å². The lowest BCUT2D eigenvalue weighted by atomic mass is 10.0. The zero-order valence-electron chi connectivity index (χ0n) is 12.9. The van der Waals surface area contributed by atoms with Gasteiger partial charge in [-0.1, -0.05) is 18.2 Å². The molecule has 1 amide bonds. The van der Waals surface area contributed by atoms with Crippen molar-refractivity contribution in [1.82, 2.24) is 0 Å². The van der Waals surface area contributed by atoms with Gasteiger partial charge in [-0.3, -0.25) is 4.79 Å². The van der Waals surface area contributed by atoms with E-state index in [1.807, 2.05) is 25.1 Å². The van der Waals surface area contributed by atoms with Crippen LogP contribution in [-0.4, -0.2) is 11.5 Å². The van der Waals surface area contributed by atoms with Crippen molar-refractivity contribution in [3.8, 4) is 5.75 Å². The number of hydrogen-bond acceptors (Lipinski definition) is 2. The van der Waals surface area contributed by atoms with Gasteiger partial charge in [0, 0.05) is 0 Å². The summed E-state index contributed by atoms with van der Waals surface area (Å²) in [5.41, 5.74) is 1.77. The highest BCUT2D eigenvalue weighted by Gasteiger charge is 2.40. The molecule has 0 saturated heterocycles. The number of fused-ring (bicyclic) bond motifs is 1. The summed E-state index contributed by atoms with van der Waals surface area (Å²) in [5.74, 6) is 0.306. The monoisotopic (exact) mass is 299 g/mol. The Balaban J connectivity index is 2.02. The van der Waals surface area contributed by atoms with E-state index in [2.05, 4.69) is 0 Å². The molecule has 0 aliphatic carbocycles. The molecule has 2 aromatic rings. The molecule has 114 valence electrons. The van der Waals surface area contributed by atoms with Gasteiger partial charge in [0.1, 0.15) is 11.6 Å². The molecule has 0 unspecified atom stereocenters. The molecule has 0 radical (unpaired) electrons. The van der Waals surface area contributed by atoms with Crippen molar-refractivity contribution in [2.45, 2.75) is 32.9 Å². The van der Waals surface area contributed by atoms with E-state index in [-0.39, 0.29) is 11.7 Å². The van der Waals surface area contributed by atoms with Crippen LogP contribution in [0.25, 0.3) is 0 Å². The fourth-order valence-electron chi connectivity index (χ4n) is 2.61. The Labute approximate surface area is 129 Å². The van der Waals surface area contributed by atoms with Crippen LogP contribution in [0.15, 0.2) is 42.5 Å². The van der Waals surface area contributed by atoms with Crippen LogP contribution in [0.3, 0.4) is 0 Å². The molecule has 22 heavy (non-hydrogen) atoms. The Morgan fingerprint density at radius 3 is 2.50 bits per heavy atom. The van der Waals surface area contributed by atoms with Gasteiger partial charge in [-0.05, 0) is 56.2 Å². The minimum absolute atomic E-state index is 0.102. The Hall–Kier alpha value is -2.36. The van der Waals surface area contributed by atoms with Gasteiger partial charge < -0.3 is 9.64 Å². The molecule has 3 rings (SSSR count). The molecule has 0 spiro atoms. The average Bonchev–Trinajstić information content (AvgIpc) is 2.47. The quantitative estimate of drug-likeness (QED) is 0.843. The molecule has 0 bridgehead atoms. The van der Waals surface area contributed by atoms with Gasteiger partial charge in [-0.25, -0.2) is 4.39 Å². The Morgan fingerprint density at radius 1 is 1.14 bits per heavy atom. The van der Waals surface area contributed by atoms with Gasteiger partial charge in [0.2, 0.25) is 0 Å². The summed E-state index contributed by atoms with van der Waals surface area (Å²) < 4.78 is 18.9. The molecule has 1 heterocycles. The smallest absolute Gasteiger partial charge is 0.271 e. The Bertz CT molecular complexity index is 722. The first-order valence-electron chi connectivity index (χ1n) is 7.23. The van der Waals surface area contributed by atoms with Crippen LogP contribution in [0, 0.1) is 12.7 Å². The molecule has 1 aliphatic heterocycles. The normalized spacial score (nSPS) is 16.2. The number of benzene rings is 2. The first-order chi connectivity index (χ1) is 10.4. The third-order valence-electron chi connectivity index (χ3n) is 3.78. The summed E-state index contributed by atoms with van der Waals surface area (Å²) in [6, 6.07) is 12.0. The van der Waals surface area contributed by atoms with Crippen molar-refractivity contribution in [1.29, 1.82) is 0 Å². The highest BCUT2D eigenvalue weighted by molar-refractivity contribution is 6.02. The number of rotatable bonds is 2. The highest BCUT2D eigenvalue weighted by Crippen LogP contribution is 2.39. The lowest BCUT2D eigenvalue weighted by Gasteiger charge is -2.39. The minimum atomic E-state index is -0.914. The maximum atomic E-state index is 13.1. The molecule has 1 aliphatic rings. The average molecular weight is 299 g/mol. The van der Waals surface area contributed by atoms with Crippen molar-refractivity contribution in [3.05, 3.63) is 59.4 Å². The van der Waals surface area contributed by atoms with E-state index in [4.69, 9.17) is 4.74 Å². The molecular formula is C18H18FNO2. The summed E-state index contributed by atoms with van der Waals surface area (Å²) in [7, 11) is 0. The lowest BCUT2D eigenvalue weighted by Crippen LogP contribution is -2.52. The third kappa shape index (κ3) is 2.56. The van der Waals surface area contributed by atoms with E-state index in [0.717, 1.165) is 16.8 Å². The molecule has 4 heteroatoms. The number of aryl methyl sites for hydroxylation is 1. The number of carbonyl (C=O) groups is 1. The van der Waals surface area contributed by atoms with Crippen LogP contribution in [0.1, 0.15) is 25.0 Å². The third-order valence-corrected chi connectivity index (χ3v) is 3.78. The van der Waals surface area contributed by atoms with Crippen LogP contribution < -0.4 is 9.64 Å². The van der Waals surface area contributed by atoms with Crippen molar-refractivity contribution in [2.24, 2.45) is 0 Å². The molecular weight excluding hydrogens is 281 g/mol. The van der Waals surface area contributed by atoms with E-state index < -0.39 is 5.60 Å². The van der Waals surface area contributed by atoms with Gasteiger partial charge in [0.05, 0.1) is 12.2 Å². The van der Waals surface area contributed by atoms with Gasteiger partial charge in [-0.15, -0.1) is 0 Å². The number of carbonyl (C=O) groups excluding carboxylic acids is 1. The van der Waals surface area contributed by atoms with Gasteiger partial charge in [-0.2, -0.15) is 0 Å². The predicted octanol–water partition coefficient (Wildman–Crippen LogP) is 3.84. The number of ether oxygens (including phenoxy) is 1. The second-order valence-electron chi connectivity index (χ2n) is 6.10. The standard InChI is InChI=1S/C18H18FNO2/c1-12-4-9-16-15(10-12)20(17(21)18(2,3)22-16)11-13-5-7-14(19)8-6-13/h4-10H,11H2,1-3H3. The van der Waals surface area contributed by atoms with E-state index in [9.17, 15) is 9.18 Å². The zero-order valence-corrected chi connectivity index (χ0v) is 12.9. The van der Waals surface area contributed by atoms with E-state index in [1.165, 1.54) is 12.1 Å². The molecule has 0 fully saturated rings. The second kappa shape index (κ2) is 5.13. The van der Waals surface area contributed by atoms with Gasteiger partial charge in [0.25, 0.3) is 5.91 Å². The largest absolute Gasteiger partial charge is 0.476 e.